The first-order chi connectivity index (χ1) is 9.41. The number of rotatable bonds is 8. The van der Waals surface area contributed by atoms with Gasteiger partial charge in [-0.2, -0.15) is 0 Å². The second-order valence-electron chi connectivity index (χ2n) is 6.11. The highest BCUT2D eigenvalue weighted by atomic mass is 16.5. The molecule has 0 saturated carbocycles. The summed E-state index contributed by atoms with van der Waals surface area (Å²) in [6.07, 6.45) is 1.04. The maximum absolute atomic E-state index is 9.56. The summed E-state index contributed by atoms with van der Waals surface area (Å²) in [6.45, 7) is 11.9. The van der Waals surface area contributed by atoms with E-state index >= 15 is 0 Å². The topological polar surface area (TPSA) is 41.5 Å². The fourth-order valence-electron chi connectivity index (χ4n) is 1.95. The van der Waals surface area contributed by atoms with Crippen LogP contribution < -0.4 is 10.1 Å². The fourth-order valence-corrected chi connectivity index (χ4v) is 1.95. The van der Waals surface area contributed by atoms with Gasteiger partial charge in [0.15, 0.2) is 0 Å². The van der Waals surface area contributed by atoms with Crippen molar-refractivity contribution in [3.63, 3.8) is 0 Å². The Morgan fingerprint density at radius 1 is 1.35 bits per heavy atom. The van der Waals surface area contributed by atoms with Crippen molar-refractivity contribution in [1.29, 1.82) is 0 Å². The van der Waals surface area contributed by atoms with Crippen LogP contribution in [0, 0.1) is 6.92 Å². The molecule has 0 fully saturated rings. The highest BCUT2D eigenvalue weighted by Crippen LogP contribution is 2.25. The van der Waals surface area contributed by atoms with Crippen LogP contribution in [0.1, 0.15) is 51.2 Å². The van der Waals surface area contributed by atoms with Gasteiger partial charge in [0.05, 0.1) is 12.1 Å². The lowest BCUT2D eigenvalue weighted by molar-refractivity contribution is 0.115. The molecule has 0 spiro atoms. The molecule has 1 rings (SSSR count). The summed E-state index contributed by atoms with van der Waals surface area (Å²) in [5.74, 6) is 1.40. The van der Waals surface area contributed by atoms with Gasteiger partial charge in [0.2, 0.25) is 0 Å². The van der Waals surface area contributed by atoms with Crippen molar-refractivity contribution in [2.45, 2.75) is 52.5 Å². The number of hydrogen-bond acceptors (Lipinski definition) is 3. The van der Waals surface area contributed by atoms with Crippen LogP contribution in [-0.2, 0) is 0 Å². The van der Waals surface area contributed by atoms with Crippen LogP contribution in [0.2, 0.25) is 0 Å². The van der Waals surface area contributed by atoms with Crippen molar-refractivity contribution < 1.29 is 9.84 Å². The lowest BCUT2D eigenvalue weighted by Crippen LogP contribution is -2.50. The lowest BCUT2D eigenvalue weighted by Gasteiger charge is -2.29. The van der Waals surface area contributed by atoms with Gasteiger partial charge in [0.25, 0.3) is 0 Å². The first-order valence-corrected chi connectivity index (χ1v) is 7.51. The minimum atomic E-state index is -0.393. The van der Waals surface area contributed by atoms with Gasteiger partial charge in [0, 0.05) is 0 Å². The van der Waals surface area contributed by atoms with Gasteiger partial charge in [-0.15, -0.1) is 0 Å². The Morgan fingerprint density at radius 2 is 2.05 bits per heavy atom. The summed E-state index contributed by atoms with van der Waals surface area (Å²) < 4.78 is 5.96. The van der Waals surface area contributed by atoms with E-state index in [1.54, 1.807) is 0 Å². The third-order valence-electron chi connectivity index (χ3n) is 3.58. The van der Waals surface area contributed by atoms with E-state index in [4.69, 9.17) is 4.74 Å². The quantitative estimate of drug-likeness (QED) is 0.767. The summed E-state index contributed by atoms with van der Waals surface area (Å²) in [5.41, 5.74) is 2.01. The van der Waals surface area contributed by atoms with E-state index in [0.717, 1.165) is 24.3 Å². The second kappa shape index (κ2) is 7.65. The average molecular weight is 279 g/mol. The molecule has 1 atom stereocenters. The summed E-state index contributed by atoms with van der Waals surface area (Å²) in [6, 6.07) is 6.35. The molecule has 1 aromatic carbocycles. The van der Waals surface area contributed by atoms with Crippen LogP contribution in [0.5, 0.6) is 5.75 Å². The molecule has 1 unspecified atom stereocenters. The molecule has 1 aromatic rings. The SMILES string of the molecule is CCCNC(C)(CO)COc1cc(C(C)C)ccc1C. The first kappa shape index (κ1) is 17.0. The number of aryl methyl sites for hydroxylation is 1. The Kier molecular flexibility index (Phi) is 6.50. The third-order valence-corrected chi connectivity index (χ3v) is 3.58. The molecule has 0 saturated heterocycles. The van der Waals surface area contributed by atoms with Gasteiger partial charge in [-0.05, 0) is 49.9 Å². The molecule has 0 amide bonds. The normalized spacial score (nSPS) is 14.3. The molecule has 0 radical (unpaired) electrons. The summed E-state index contributed by atoms with van der Waals surface area (Å²) in [7, 11) is 0. The van der Waals surface area contributed by atoms with Crippen molar-refractivity contribution in [2.75, 3.05) is 19.8 Å². The van der Waals surface area contributed by atoms with Gasteiger partial charge in [-0.1, -0.05) is 32.9 Å². The number of aliphatic hydroxyl groups is 1. The number of benzene rings is 1. The van der Waals surface area contributed by atoms with Crippen LogP contribution in [-0.4, -0.2) is 30.4 Å². The van der Waals surface area contributed by atoms with Crippen molar-refractivity contribution in [3.05, 3.63) is 29.3 Å². The van der Waals surface area contributed by atoms with Crippen LogP contribution in [0.25, 0.3) is 0 Å². The van der Waals surface area contributed by atoms with E-state index in [1.807, 2.05) is 6.92 Å². The predicted molar refractivity (Wildman–Crippen MR) is 84.5 cm³/mol. The van der Waals surface area contributed by atoms with E-state index < -0.39 is 5.54 Å². The van der Waals surface area contributed by atoms with Gasteiger partial charge >= 0.3 is 0 Å². The standard InChI is InChI=1S/C17H29NO2/c1-6-9-18-17(5,11-19)12-20-16-10-15(13(2)3)8-7-14(16)4/h7-8,10,13,18-19H,6,9,11-12H2,1-5H3. The van der Waals surface area contributed by atoms with Crippen molar-refractivity contribution in [2.24, 2.45) is 0 Å². The molecule has 3 nitrogen and oxygen atoms in total. The Labute approximate surface area is 123 Å². The minimum absolute atomic E-state index is 0.0654. The molecule has 20 heavy (non-hydrogen) atoms. The van der Waals surface area contributed by atoms with E-state index in [2.05, 4.69) is 51.2 Å². The molecular weight excluding hydrogens is 250 g/mol. The molecule has 0 aliphatic carbocycles. The molecule has 0 aliphatic heterocycles. The number of hydrogen-bond donors (Lipinski definition) is 2. The Balaban J connectivity index is 2.74. The summed E-state index contributed by atoms with van der Waals surface area (Å²) >= 11 is 0. The van der Waals surface area contributed by atoms with E-state index in [-0.39, 0.29) is 6.61 Å². The maximum atomic E-state index is 9.56. The summed E-state index contributed by atoms with van der Waals surface area (Å²) in [5, 5.41) is 12.9. The van der Waals surface area contributed by atoms with Crippen LogP contribution in [0.4, 0.5) is 0 Å². The molecule has 2 N–H and O–H groups in total. The molecule has 114 valence electrons. The fraction of sp³-hybridized carbons (Fsp3) is 0.647. The molecule has 0 aliphatic rings. The Hall–Kier alpha value is -1.06. The average Bonchev–Trinajstić information content (AvgIpc) is 2.44. The molecule has 0 aromatic heterocycles. The molecule has 0 bridgehead atoms. The highest BCUT2D eigenvalue weighted by Gasteiger charge is 2.23. The van der Waals surface area contributed by atoms with Crippen molar-refractivity contribution in [3.8, 4) is 5.75 Å². The number of nitrogens with one attached hydrogen (secondary N) is 1. The zero-order valence-electron chi connectivity index (χ0n) is 13.5. The van der Waals surface area contributed by atoms with Gasteiger partial charge < -0.3 is 15.2 Å². The molecular formula is C17H29NO2. The smallest absolute Gasteiger partial charge is 0.122 e. The highest BCUT2D eigenvalue weighted by molar-refractivity contribution is 5.37. The minimum Gasteiger partial charge on any atom is -0.491 e. The van der Waals surface area contributed by atoms with E-state index in [1.165, 1.54) is 5.56 Å². The summed E-state index contributed by atoms with van der Waals surface area (Å²) in [4.78, 5) is 0. The van der Waals surface area contributed by atoms with Crippen LogP contribution in [0.15, 0.2) is 18.2 Å². The zero-order chi connectivity index (χ0) is 15.2. The largest absolute Gasteiger partial charge is 0.491 e. The number of ether oxygens (including phenoxy) is 1. The number of aliphatic hydroxyl groups excluding tert-OH is 1. The van der Waals surface area contributed by atoms with Gasteiger partial charge in [0.1, 0.15) is 12.4 Å². The molecule has 0 heterocycles. The van der Waals surface area contributed by atoms with Crippen LogP contribution in [0.3, 0.4) is 0 Å². The lowest BCUT2D eigenvalue weighted by atomic mass is 10.0. The predicted octanol–water partition coefficient (Wildman–Crippen LogP) is 3.25. The first-order valence-electron chi connectivity index (χ1n) is 7.51. The Bertz CT molecular complexity index is 417. The van der Waals surface area contributed by atoms with E-state index in [9.17, 15) is 5.11 Å². The monoisotopic (exact) mass is 279 g/mol. The van der Waals surface area contributed by atoms with Gasteiger partial charge in [-0.3, -0.25) is 0 Å². The van der Waals surface area contributed by atoms with Crippen molar-refractivity contribution in [1.82, 2.24) is 5.32 Å². The Morgan fingerprint density at radius 3 is 2.60 bits per heavy atom. The zero-order valence-corrected chi connectivity index (χ0v) is 13.5. The molecule has 3 heteroatoms. The maximum Gasteiger partial charge on any atom is 0.122 e. The van der Waals surface area contributed by atoms with Crippen molar-refractivity contribution >= 4 is 0 Å². The second-order valence-corrected chi connectivity index (χ2v) is 6.11. The van der Waals surface area contributed by atoms with Gasteiger partial charge in [-0.25, -0.2) is 0 Å². The van der Waals surface area contributed by atoms with E-state index in [0.29, 0.717) is 12.5 Å². The van der Waals surface area contributed by atoms with Crippen LogP contribution >= 0.6 is 0 Å². The third kappa shape index (κ3) is 4.80.